The summed E-state index contributed by atoms with van der Waals surface area (Å²) in [6.07, 6.45) is 0.885. The van der Waals surface area contributed by atoms with Gasteiger partial charge in [0.15, 0.2) is 5.89 Å². The fourth-order valence-corrected chi connectivity index (χ4v) is 1.83. The first-order chi connectivity index (χ1) is 7.58. The Hall–Kier alpha value is -1.65. The molecule has 2 heterocycles. The van der Waals surface area contributed by atoms with Crippen molar-refractivity contribution in [1.29, 1.82) is 0 Å². The van der Waals surface area contributed by atoms with Crippen LogP contribution >= 0.6 is 0 Å². The Balaban J connectivity index is 2.13. The summed E-state index contributed by atoms with van der Waals surface area (Å²) in [6.45, 7) is 4.43. The summed E-state index contributed by atoms with van der Waals surface area (Å²) >= 11 is 0. The molecular formula is C11H14N2O3. The molecular weight excluding hydrogens is 208 g/mol. The average Bonchev–Trinajstić information content (AvgIpc) is 2.58. The first-order valence-electron chi connectivity index (χ1n) is 5.33. The third-order valence-electron chi connectivity index (χ3n) is 2.71. The zero-order valence-corrected chi connectivity index (χ0v) is 9.45. The molecule has 0 radical (unpaired) electrons. The van der Waals surface area contributed by atoms with Gasteiger partial charge in [-0.2, -0.15) is 0 Å². The second kappa shape index (κ2) is 4.08. The van der Waals surface area contributed by atoms with Crippen LogP contribution in [0.3, 0.4) is 0 Å². The van der Waals surface area contributed by atoms with Gasteiger partial charge in [0.05, 0.1) is 5.69 Å². The van der Waals surface area contributed by atoms with Gasteiger partial charge in [0.1, 0.15) is 5.78 Å². The topological polar surface area (TPSA) is 63.4 Å². The highest BCUT2D eigenvalue weighted by molar-refractivity contribution is 5.93. The van der Waals surface area contributed by atoms with Gasteiger partial charge in [0.2, 0.25) is 5.76 Å². The highest BCUT2D eigenvalue weighted by Gasteiger charge is 2.25. The first-order valence-corrected chi connectivity index (χ1v) is 5.33. The van der Waals surface area contributed by atoms with Gasteiger partial charge in [0, 0.05) is 32.9 Å². The number of amides is 1. The Kier molecular flexibility index (Phi) is 2.77. The van der Waals surface area contributed by atoms with Gasteiger partial charge >= 0.3 is 0 Å². The molecule has 1 fully saturated rings. The molecule has 0 spiro atoms. The first kappa shape index (κ1) is 10.9. The maximum atomic E-state index is 12.0. The minimum atomic E-state index is -0.161. The molecule has 2 rings (SSSR count). The Bertz CT molecular complexity index is 426. The predicted octanol–water partition coefficient (Wildman–Crippen LogP) is 1.10. The van der Waals surface area contributed by atoms with Crippen LogP contribution in [0.4, 0.5) is 0 Å². The normalized spacial score (nSPS) is 16.6. The van der Waals surface area contributed by atoms with E-state index < -0.39 is 0 Å². The Labute approximate surface area is 93.4 Å². The third-order valence-corrected chi connectivity index (χ3v) is 2.71. The molecule has 1 aromatic heterocycles. The number of ketones is 1. The molecule has 16 heavy (non-hydrogen) atoms. The van der Waals surface area contributed by atoms with E-state index in [9.17, 15) is 9.59 Å². The lowest BCUT2D eigenvalue weighted by Gasteiger charge is -2.25. The molecule has 0 aromatic carbocycles. The molecule has 1 aliphatic heterocycles. The average molecular weight is 222 g/mol. The summed E-state index contributed by atoms with van der Waals surface area (Å²) in [7, 11) is 0. The van der Waals surface area contributed by atoms with Gasteiger partial charge in [-0.05, 0) is 6.92 Å². The van der Waals surface area contributed by atoms with Crippen molar-refractivity contribution in [2.45, 2.75) is 26.7 Å². The van der Waals surface area contributed by atoms with Crippen molar-refractivity contribution in [2.75, 3.05) is 13.1 Å². The van der Waals surface area contributed by atoms with Gasteiger partial charge in [-0.3, -0.25) is 9.59 Å². The molecule has 0 aliphatic carbocycles. The van der Waals surface area contributed by atoms with Crippen LogP contribution in [0.25, 0.3) is 0 Å². The molecule has 0 saturated carbocycles. The zero-order chi connectivity index (χ0) is 11.7. The van der Waals surface area contributed by atoms with Crippen molar-refractivity contribution in [1.82, 2.24) is 9.88 Å². The van der Waals surface area contributed by atoms with Crippen LogP contribution in [-0.2, 0) is 4.79 Å². The van der Waals surface area contributed by atoms with Gasteiger partial charge in [-0.15, -0.1) is 0 Å². The Morgan fingerprint density at radius 2 is 1.94 bits per heavy atom. The van der Waals surface area contributed by atoms with Crippen LogP contribution in [0.2, 0.25) is 0 Å². The van der Waals surface area contributed by atoms with Crippen LogP contribution in [0.15, 0.2) is 4.42 Å². The van der Waals surface area contributed by atoms with E-state index in [1.807, 2.05) is 0 Å². The number of likely N-dealkylation sites (tertiary alicyclic amines) is 1. The van der Waals surface area contributed by atoms with E-state index in [0.29, 0.717) is 43.3 Å². The van der Waals surface area contributed by atoms with E-state index in [1.165, 1.54) is 0 Å². The van der Waals surface area contributed by atoms with E-state index in [-0.39, 0.29) is 11.7 Å². The number of hydrogen-bond donors (Lipinski definition) is 0. The van der Waals surface area contributed by atoms with Crippen molar-refractivity contribution in [2.24, 2.45) is 0 Å². The fourth-order valence-electron chi connectivity index (χ4n) is 1.83. The van der Waals surface area contributed by atoms with Gasteiger partial charge in [0.25, 0.3) is 5.91 Å². The van der Waals surface area contributed by atoms with Crippen LogP contribution in [0, 0.1) is 13.8 Å². The molecule has 1 saturated heterocycles. The Morgan fingerprint density at radius 1 is 1.31 bits per heavy atom. The number of carbonyl (C=O) groups is 2. The number of aromatic nitrogens is 1. The third kappa shape index (κ3) is 1.98. The second-order valence-electron chi connectivity index (χ2n) is 3.98. The van der Waals surface area contributed by atoms with Crippen molar-refractivity contribution in [3.63, 3.8) is 0 Å². The van der Waals surface area contributed by atoms with Gasteiger partial charge in [-0.25, -0.2) is 4.98 Å². The van der Waals surface area contributed by atoms with Crippen molar-refractivity contribution >= 4 is 11.7 Å². The van der Waals surface area contributed by atoms with Gasteiger partial charge < -0.3 is 9.32 Å². The molecule has 5 nitrogen and oxygen atoms in total. The van der Waals surface area contributed by atoms with Crippen LogP contribution in [-0.4, -0.2) is 34.7 Å². The van der Waals surface area contributed by atoms with Crippen molar-refractivity contribution in [3.05, 3.63) is 17.3 Å². The minimum absolute atomic E-state index is 0.161. The van der Waals surface area contributed by atoms with E-state index in [0.717, 1.165) is 0 Å². The molecule has 1 aliphatic rings. The number of Topliss-reactive ketones (excluding diaryl/α,β-unsaturated/α-hetero) is 1. The second-order valence-corrected chi connectivity index (χ2v) is 3.98. The molecule has 1 aromatic rings. The largest absolute Gasteiger partial charge is 0.436 e. The lowest BCUT2D eigenvalue weighted by Crippen LogP contribution is -2.38. The van der Waals surface area contributed by atoms with Crippen molar-refractivity contribution in [3.8, 4) is 0 Å². The fraction of sp³-hybridized carbons (Fsp3) is 0.545. The quantitative estimate of drug-likeness (QED) is 0.713. The van der Waals surface area contributed by atoms with E-state index >= 15 is 0 Å². The summed E-state index contributed by atoms with van der Waals surface area (Å²) in [5.41, 5.74) is 0.611. The van der Waals surface area contributed by atoms with E-state index in [2.05, 4.69) is 4.98 Å². The van der Waals surface area contributed by atoms with Crippen molar-refractivity contribution < 1.29 is 14.0 Å². The molecule has 0 bridgehead atoms. The smallest absolute Gasteiger partial charge is 0.291 e. The highest BCUT2D eigenvalue weighted by Crippen LogP contribution is 2.15. The monoisotopic (exact) mass is 222 g/mol. The highest BCUT2D eigenvalue weighted by atomic mass is 16.4. The minimum Gasteiger partial charge on any atom is -0.436 e. The molecule has 5 heteroatoms. The number of hydrogen-bond acceptors (Lipinski definition) is 4. The summed E-state index contributed by atoms with van der Waals surface area (Å²) in [5.74, 6) is 0.848. The van der Waals surface area contributed by atoms with E-state index in [4.69, 9.17) is 4.42 Å². The summed E-state index contributed by atoms with van der Waals surface area (Å²) in [6, 6.07) is 0. The number of piperidine rings is 1. The van der Waals surface area contributed by atoms with Gasteiger partial charge in [-0.1, -0.05) is 0 Å². The standard InChI is InChI=1S/C11H14N2O3/c1-7-10(16-8(2)12-7)11(15)13-5-3-9(14)4-6-13/h3-6H2,1-2H3. The molecule has 0 atom stereocenters. The zero-order valence-electron chi connectivity index (χ0n) is 9.45. The van der Waals surface area contributed by atoms with Crippen LogP contribution < -0.4 is 0 Å². The maximum absolute atomic E-state index is 12.0. The van der Waals surface area contributed by atoms with Crippen LogP contribution in [0.5, 0.6) is 0 Å². The molecule has 0 unspecified atom stereocenters. The lowest BCUT2D eigenvalue weighted by molar-refractivity contribution is -0.120. The summed E-state index contributed by atoms with van der Waals surface area (Å²) in [4.78, 5) is 28.8. The number of carbonyl (C=O) groups excluding carboxylic acids is 2. The molecule has 86 valence electrons. The predicted molar refractivity (Wildman–Crippen MR) is 56.1 cm³/mol. The molecule has 1 amide bonds. The maximum Gasteiger partial charge on any atom is 0.291 e. The SMILES string of the molecule is Cc1nc(C)c(C(=O)N2CCC(=O)CC2)o1. The number of oxazole rings is 1. The molecule has 0 N–H and O–H groups in total. The Morgan fingerprint density at radius 3 is 2.44 bits per heavy atom. The van der Waals surface area contributed by atoms with Crippen LogP contribution in [0.1, 0.15) is 35.0 Å². The number of rotatable bonds is 1. The summed E-state index contributed by atoms with van der Waals surface area (Å²) < 4.78 is 5.27. The summed E-state index contributed by atoms with van der Waals surface area (Å²) in [5, 5.41) is 0. The number of nitrogens with zero attached hydrogens (tertiary/aromatic N) is 2. The number of aryl methyl sites for hydroxylation is 2. The lowest BCUT2D eigenvalue weighted by atomic mass is 10.1. The van der Waals surface area contributed by atoms with E-state index in [1.54, 1.807) is 18.7 Å².